The minimum absolute atomic E-state index is 0.176. The summed E-state index contributed by atoms with van der Waals surface area (Å²) in [7, 11) is 0. The Morgan fingerprint density at radius 1 is 0.403 bits per heavy atom. The molecule has 0 fully saturated rings. The van der Waals surface area contributed by atoms with E-state index in [1.165, 1.54) is 27.8 Å². The van der Waals surface area contributed by atoms with Gasteiger partial charge >= 0.3 is 0 Å². The molecule has 12 rings (SSSR count). The Kier molecular flexibility index (Phi) is 6.87. The monoisotopic (exact) mass is 799 g/mol. The van der Waals surface area contributed by atoms with Crippen LogP contribution in [0.15, 0.2) is 206 Å². The number of anilines is 3. The molecule has 0 bridgehead atoms. The Morgan fingerprint density at radius 2 is 0.968 bits per heavy atom. The second-order valence-corrected chi connectivity index (χ2v) is 17.8. The first-order chi connectivity index (χ1) is 32.4. The number of nitrogens with zero attached hydrogens (tertiary/aromatic N) is 2. The third kappa shape index (κ3) is 5.29. The first-order valence-corrected chi connectivity index (χ1v) is 21.4. The maximum Gasteiger partial charge on any atom is 0.0629 e. The average molecular weight is 800 g/mol. The Morgan fingerprint density at radius 3 is 1.76 bits per heavy atom. The van der Waals surface area contributed by atoms with Gasteiger partial charge < -0.3 is 9.47 Å². The molecule has 0 saturated heterocycles. The molecule has 0 unspecified atom stereocenters. The summed E-state index contributed by atoms with van der Waals surface area (Å²) in [6.07, 6.45) is 0. The number of hydrogen-bond acceptors (Lipinski definition) is 1. The van der Waals surface area contributed by atoms with Crippen LogP contribution >= 0.6 is 0 Å². The van der Waals surface area contributed by atoms with E-state index in [2.05, 4.69) is 201 Å². The molecule has 2 nitrogen and oxygen atoms in total. The largest absolute Gasteiger partial charge is 0.310 e. The van der Waals surface area contributed by atoms with Crippen molar-refractivity contribution < 1.29 is 6.85 Å². The molecule has 0 atom stereocenters. The number of benzene rings is 9. The predicted octanol–water partition coefficient (Wildman–Crippen LogP) is 16.2. The van der Waals surface area contributed by atoms with E-state index in [-0.39, 0.29) is 40.6 Å². The van der Waals surface area contributed by atoms with Gasteiger partial charge in [-0.05, 0) is 98.1 Å². The van der Waals surface area contributed by atoms with Gasteiger partial charge in [0.25, 0.3) is 0 Å². The van der Waals surface area contributed by atoms with Crippen molar-refractivity contribution in [1.29, 1.82) is 0 Å². The molecule has 2 aliphatic carbocycles. The molecule has 1 heterocycles. The van der Waals surface area contributed by atoms with E-state index in [0.29, 0.717) is 5.56 Å². The van der Waals surface area contributed by atoms with Gasteiger partial charge in [-0.2, -0.15) is 0 Å². The van der Waals surface area contributed by atoms with Gasteiger partial charge in [-0.15, -0.1) is 0 Å². The Balaban J connectivity index is 1.16. The third-order valence-electron chi connectivity index (χ3n) is 13.7. The topological polar surface area (TPSA) is 8.17 Å². The third-order valence-corrected chi connectivity index (χ3v) is 13.7. The number of fused-ring (bicyclic) bond motifs is 9. The molecule has 0 saturated carbocycles. The summed E-state index contributed by atoms with van der Waals surface area (Å²) in [4.78, 5) is 2.35. The van der Waals surface area contributed by atoms with E-state index < -0.39 is 6.04 Å². The maximum atomic E-state index is 9.33. The highest BCUT2D eigenvalue weighted by Gasteiger charge is 2.39. The standard InChI is InChI=1S/C60H46N2/c1-59(2)52-25-15-12-23-50(52)57-53(59)36-35-45(41-19-9-6-10-20-41)58(57)62-55-26-16-13-22-48(55)49-34-32-44(38-56(49)62)61(42-29-27-40(28-30-42)39-17-7-5-8-18-39)43-31-33-47-46-21-11-14-24-51(46)60(3,4)54(47)37-43/h5-38H,1-4H3/i6D,9D,10D,19D,20D. The molecule has 2 heteroatoms. The maximum absolute atomic E-state index is 9.33. The minimum atomic E-state index is -0.412. The van der Waals surface area contributed by atoms with Gasteiger partial charge in [0.15, 0.2) is 0 Å². The average Bonchev–Trinajstić information content (AvgIpc) is 3.89. The van der Waals surface area contributed by atoms with Crippen molar-refractivity contribution in [1.82, 2.24) is 4.57 Å². The van der Waals surface area contributed by atoms with Crippen LogP contribution in [0.4, 0.5) is 17.1 Å². The number of hydrogen-bond donors (Lipinski definition) is 0. The van der Waals surface area contributed by atoms with Crippen LogP contribution < -0.4 is 4.90 Å². The van der Waals surface area contributed by atoms with E-state index in [0.717, 1.165) is 72.4 Å². The Hall–Kier alpha value is -7.42. The molecule has 62 heavy (non-hydrogen) atoms. The van der Waals surface area contributed by atoms with Crippen molar-refractivity contribution in [2.24, 2.45) is 0 Å². The summed E-state index contributed by atoms with van der Waals surface area (Å²) in [5.74, 6) is 0. The van der Waals surface area contributed by atoms with Crippen molar-refractivity contribution in [3.8, 4) is 50.2 Å². The molecule has 0 amide bonds. The van der Waals surface area contributed by atoms with Crippen LogP contribution in [0.2, 0.25) is 0 Å². The highest BCUT2D eigenvalue weighted by Crippen LogP contribution is 2.55. The van der Waals surface area contributed by atoms with Gasteiger partial charge in [-0.25, -0.2) is 0 Å². The van der Waals surface area contributed by atoms with Gasteiger partial charge in [0.2, 0.25) is 0 Å². The SMILES string of the molecule is [2H]c1c([2H])c([2H])c(-c2ccc3c(c2-n2c4ccccc4c4ccc(N(c5ccc(-c6ccccc6)cc5)c5ccc6c(c5)C(C)(C)c5ccccc5-6)cc42)-c2ccccc2C3(C)C)c([2H])c1[2H]. The van der Waals surface area contributed by atoms with Crippen molar-refractivity contribution in [3.05, 3.63) is 228 Å². The van der Waals surface area contributed by atoms with Crippen LogP contribution in [-0.4, -0.2) is 4.57 Å². The zero-order chi connectivity index (χ0) is 46.1. The van der Waals surface area contributed by atoms with Crippen LogP contribution in [-0.2, 0) is 10.8 Å². The van der Waals surface area contributed by atoms with Crippen LogP contribution in [0.25, 0.3) is 72.0 Å². The van der Waals surface area contributed by atoms with Crippen molar-refractivity contribution in [2.75, 3.05) is 4.90 Å². The number of aromatic nitrogens is 1. The first-order valence-electron chi connectivity index (χ1n) is 23.9. The molecule has 0 aliphatic heterocycles. The van der Waals surface area contributed by atoms with Crippen molar-refractivity contribution in [2.45, 2.75) is 38.5 Å². The summed E-state index contributed by atoms with van der Waals surface area (Å²) in [5, 5.41) is 2.09. The summed E-state index contributed by atoms with van der Waals surface area (Å²) in [5.41, 5.74) is 17.6. The van der Waals surface area contributed by atoms with Gasteiger partial charge in [0, 0.05) is 49.8 Å². The van der Waals surface area contributed by atoms with Crippen LogP contribution in [0.3, 0.4) is 0 Å². The smallest absolute Gasteiger partial charge is 0.0629 e. The van der Waals surface area contributed by atoms with E-state index >= 15 is 0 Å². The van der Waals surface area contributed by atoms with Crippen LogP contribution in [0.1, 0.15) is 56.8 Å². The zero-order valence-corrected chi connectivity index (χ0v) is 35.1. The fourth-order valence-corrected chi connectivity index (χ4v) is 10.6. The fraction of sp³-hybridized carbons (Fsp3) is 0.100. The predicted molar refractivity (Wildman–Crippen MR) is 261 cm³/mol. The van der Waals surface area contributed by atoms with E-state index in [1.54, 1.807) is 0 Å². The molecule has 0 N–H and O–H groups in total. The van der Waals surface area contributed by atoms with E-state index in [9.17, 15) is 2.74 Å². The van der Waals surface area contributed by atoms with Crippen LogP contribution in [0.5, 0.6) is 0 Å². The molecule has 10 aromatic rings. The second kappa shape index (κ2) is 13.5. The molecule has 2 aliphatic rings. The van der Waals surface area contributed by atoms with Crippen LogP contribution in [0, 0.1) is 0 Å². The second-order valence-electron chi connectivity index (χ2n) is 17.8. The van der Waals surface area contributed by atoms with Gasteiger partial charge in [-0.1, -0.05) is 191 Å². The van der Waals surface area contributed by atoms with E-state index in [1.807, 2.05) is 12.1 Å². The highest BCUT2D eigenvalue weighted by molar-refractivity contribution is 6.12. The lowest BCUT2D eigenvalue weighted by Crippen LogP contribution is -2.16. The molecule has 0 radical (unpaired) electrons. The van der Waals surface area contributed by atoms with Crippen molar-refractivity contribution in [3.63, 3.8) is 0 Å². The lowest BCUT2D eigenvalue weighted by molar-refractivity contribution is 0.660. The number of rotatable bonds is 6. The highest BCUT2D eigenvalue weighted by atomic mass is 15.1. The molecule has 1 aromatic heterocycles. The quantitative estimate of drug-likeness (QED) is 0.163. The molecular weight excluding hydrogens is 749 g/mol. The zero-order valence-electron chi connectivity index (χ0n) is 40.1. The summed E-state index contributed by atoms with van der Waals surface area (Å²) in [6.45, 7) is 9.12. The molecular formula is C60H46N2. The lowest BCUT2D eigenvalue weighted by atomic mass is 9.82. The van der Waals surface area contributed by atoms with Gasteiger partial charge in [-0.3, -0.25) is 0 Å². The number of para-hydroxylation sites is 1. The van der Waals surface area contributed by atoms with E-state index in [4.69, 9.17) is 4.11 Å². The summed E-state index contributed by atoms with van der Waals surface area (Å²) >= 11 is 0. The lowest BCUT2D eigenvalue weighted by Gasteiger charge is -2.28. The minimum Gasteiger partial charge on any atom is -0.310 e. The Bertz CT molecular complexity index is 3670. The first kappa shape index (κ1) is 31.5. The Labute approximate surface area is 371 Å². The summed E-state index contributed by atoms with van der Waals surface area (Å²) < 4.78 is 47.1. The van der Waals surface area contributed by atoms with Gasteiger partial charge in [0.05, 0.1) is 23.6 Å². The molecule has 296 valence electrons. The van der Waals surface area contributed by atoms with Gasteiger partial charge in [0.1, 0.15) is 0 Å². The summed E-state index contributed by atoms with van der Waals surface area (Å²) in [6, 6.07) is 60.9. The molecule has 9 aromatic carbocycles. The fourth-order valence-electron chi connectivity index (χ4n) is 10.6. The molecule has 0 spiro atoms. The normalized spacial score (nSPS) is 15.2. The van der Waals surface area contributed by atoms with Crippen molar-refractivity contribution >= 4 is 38.9 Å².